The summed E-state index contributed by atoms with van der Waals surface area (Å²) < 4.78 is 28.2. The zero-order valence-electron chi connectivity index (χ0n) is 13.4. The van der Waals surface area contributed by atoms with Crippen molar-refractivity contribution in [3.8, 4) is 5.75 Å². The van der Waals surface area contributed by atoms with E-state index < -0.39 is 15.9 Å². The molecule has 2 aromatic rings. The van der Waals surface area contributed by atoms with Gasteiger partial charge in [-0.3, -0.25) is 4.79 Å². The first-order chi connectivity index (χ1) is 11.9. The van der Waals surface area contributed by atoms with Gasteiger partial charge >= 0.3 is 0 Å². The lowest BCUT2D eigenvalue weighted by molar-refractivity contribution is 0.0952. The van der Waals surface area contributed by atoms with E-state index in [1.165, 1.54) is 30.5 Å². The maximum Gasteiger partial charge on any atom is 0.272 e. The number of methoxy groups -OCH3 is 1. The quantitative estimate of drug-likeness (QED) is 0.605. The monoisotopic (exact) mass is 359 g/mol. The summed E-state index contributed by atoms with van der Waals surface area (Å²) in [5, 5.41) is 8.85. The number of amides is 1. The van der Waals surface area contributed by atoms with Crippen LogP contribution >= 0.6 is 0 Å². The normalized spacial score (nSPS) is 11.8. The van der Waals surface area contributed by atoms with Crippen LogP contribution in [0.3, 0.4) is 0 Å². The molecule has 8 heteroatoms. The van der Waals surface area contributed by atoms with E-state index in [9.17, 15) is 13.2 Å². The van der Waals surface area contributed by atoms with Crippen molar-refractivity contribution in [1.29, 1.82) is 0 Å². The van der Waals surface area contributed by atoms with Gasteiger partial charge in [-0.1, -0.05) is 30.3 Å². The summed E-state index contributed by atoms with van der Waals surface area (Å²) in [4.78, 5) is 11.8. The molecule has 0 saturated carbocycles. The van der Waals surface area contributed by atoms with Gasteiger partial charge in [0, 0.05) is 11.8 Å². The van der Waals surface area contributed by atoms with E-state index in [2.05, 4.69) is 10.5 Å². The number of ether oxygens (including phenoxy) is 1. The molecular weight excluding hydrogens is 342 g/mol. The van der Waals surface area contributed by atoms with Gasteiger partial charge in [0.25, 0.3) is 5.91 Å². The van der Waals surface area contributed by atoms with Gasteiger partial charge in [-0.05, 0) is 30.4 Å². The van der Waals surface area contributed by atoms with E-state index in [4.69, 9.17) is 9.88 Å². The third-order valence-electron chi connectivity index (χ3n) is 3.18. The first-order valence-corrected chi connectivity index (χ1v) is 8.73. The summed E-state index contributed by atoms with van der Waals surface area (Å²) >= 11 is 0. The van der Waals surface area contributed by atoms with Crippen LogP contribution < -0.4 is 15.3 Å². The maximum absolute atomic E-state index is 12.1. The standard InChI is InChI=1S/C17H17N3O4S/c1-24-15-10-4-2-7-13(15)8-6-12-19-20-17(21)14-9-3-5-11-16(14)25(18,22)23/h2-12H,1H3,(H,20,21)(H2,18,22,23). The minimum absolute atomic E-state index is 0.0733. The molecule has 0 fully saturated rings. The summed E-state index contributed by atoms with van der Waals surface area (Å²) in [6, 6.07) is 13.0. The zero-order chi connectivity index (χ0) is 18.3. The number of benzene rings is 2. The Morgan fingerprint density at radius 1 is 1.16 bits per heavy atom. The number of hydrogen-bond donors (Lipinski definition) is 2. The van der Waals surface area contributed by atoms with Crippen LogP contribution in [0, 0.1) is 0 Å². The van der Waals surface area contributed by atoms with Gasteiger partial charge in [-0.25, -0.2) is 19.0 Å². The minimum Gasteiger partial charge on any atom is -0.496 e. The topological polar surface area (TPSA) is 111 Å². The second-order valence-electron chi connectivity index (χ2n) is 4.86. The van der Waals surface area contributed by atoms with Crippen LogP contribution in [0.15, 0.2) is 64.6 Å². The van der Waals surface area contributed by atoms with Gasteiger partial charge in [-0.2, -0.15) is 5.10 Å². The van der Waals surface area contributed by atoms with Gasteiger partial charge in [0.1, 0.15) is 5.75 Å². The molecule has 0 bridgehead atoms. The number of hydrogen-bond acceptors (Lipinski definition) is 5. The molecule has 7 nitrogen and oxygen atoms in total. The second kappa shape index (κ2) is 8.22. The summed E-state index contributed by atoms with van der Waals surface area (Å²) in [7, 11) is -2.42. The van der Waals surface area contributed by atoms with Crippen molar-refractivity contribution in [2.45, 2.75) is 4.90 Å². The van der Waals surface area contributed by atoms with Gasteiger partial charge in [-0.15, -0.1) is 0 Å². The fraction of sp³-hybridized carbons (Fsp3) is 0.0588. The Morgan fingerprint density at radius 3 is 2.56 bits per heavy atom. The largest absolute Gasteiger partial charge is 0.496 e. The molecule has 0 atom stereocenters. The number of carbonyl (C=O) groups is 1. The Hall–Kier alpha value is -2.97. The number of carbonyl (C=O) groups excluding carboxylic acids is 1. The molecular formula is C17H17N3O4S. The lowest BCUT2D eigenvalue weighted by Crippen LogP contribution is -2.23. The van der Waals surface area contributed by atoms with Crippen LogP contribution in [0.1, 0.15) is 15.9 Å². The molecule has 3 N–H and O–H groups in total. The highest BCUT2D eigenvalue weighted by Crippen LogP contribution is 2.18. The van der Waals surface area contributed by atoms with Crippen molar-refractivity contribution in [3.05, 3.63) is 65.7 Å². The smallest absolute Gasteiger partial charge is 0.272 e. The molecule has 0 aliphatic heterocycles. The summed E-state index contributed by atoms with van der Waals surface area (Å²) in [6.45, 7) is 0. The third-order valence-corrected chi connectivity index (χ3v) is 4.15. The Bertz CT molecular complexity index is 921. The van der Waals surface area contributed by atoms with Crippen molar-refractivity contribution < 1.29 is 17.9 Å². The molecule has 1 amide bonds. The first kappa shape index (κ1) is 18.4. The molecule has 0 saturated heterocycles. The molecule has 2 aromatic carbocycles. The van der Waals surface area contributed by atoms with Gasteiger partial charge in [0.15, 0.2) is 0 Å². The van der Waals surface area contributed by atoms with Crippen LogP contribution in [0.4, 0.5) is 0 Å². The molecule has 2 rings (SSSR count). The summed E-state index contributed by atoms with van der Waals surface area (Å²) in [5.41, 5.74) is 3.03. The second-order valence-corrected chi connectivity index (χ2v) is 6.39. The number of hydrazone groups is 1. The van der Waals surface area contributed by atoms with E-state index in [1.54, 1.807) is 19.3 Å². The Kier molecular flexibility index (Phi) is 6.04. The lowest BCUT2D eigenvalue weighted by atomic mass is 10.2. The van der Waals surface area contributed by atoms with E-state index in [-0.39, 0.29) is 10.5 Å². The molecule has 0 heterocycles. The summed E-state index contributed by atoms with van der Waals surface area (Å²) in [5.74, 6) is 0.0323. The predicted octanol–water partition coefficient (Wildman–Crippen LogP) is 1.77. The Morgan fingerprint density at radius 2 is 1.84 bits per heavy atom. The average molecular weight is 359 g/mol. The minimum atomic E-state index is -4.00. The number of allylic oxidation sites excluding steroid dienone is 1. The number of nitrogens with zero attached hydrogens (tertiary/aromatic N) is 1. The average Bonchev–Trinajstić information content (AvgIpc) is 2.61. The van der Waals surface area contributed by atoms with Crippen LogP contribution in [0.5, 0.6) is 5.75 Å². The maximum atomic E-state index is 12.1. The van der Waals surface area contributed by atoms with Crippen molar-refractivity contribution >= 4 is 28.2 Å². The molecule has 0 aliphatic rings. The molecule has 0 aliphatic carbocycles. The molecule has 25 heavy (non-hydrogen) atoms. The zero-order valence-corrected chi connectivity index (χ0v) is 14.2. The number of rotatable bonds is 6. The molecule has 0 aromatic heterocycles. The van der Waals surface area contributed by atoms with Crippen molar-refractivity contribution in [3.63, 3.8) is 0 Å². The number of sulfonamides is 1. The number of primary sulfonamides is 1. The van der Waals surface area contributed by atoms with Crippen molar-refractivity contribution in [2.75, 3.05) is 7.11 Å². The Balaban J connectivity index is 2.06. The molecule has 130 valence electrons. The van der Waals surface area contributed by atoms with Gasteiger partial charge < -0.3 is 4.74 Å². The highest BCUT2D eigenvalue weighted by molar-refractivity contribution is 7.89. The van der Waals surface area contributed by atoms with Crippen molar-refractivity contribution in [1.82, 2.24) is 5.43 Å². The van der Waals surface area contributed by atoms with Crippen molar-refractivity contribution in [2.24, 2.45) is 10.2 Å². The van der Waals surface area contributed by atoms with Gasteiger partial charge in [0.2, 0.25) is 10.0 Å². The highest BCUT2D eigenvalue weighted by Gasteiger charge is 2.18. The fourth-order valence-corrected chi connectivity index (χ4v) is 2.79. The third kappa shape index (κ3) is 5.00. The van der Waals surface area contributed by atoms with E-state index in [0.29, 0.717) is 5.75 Å². The fourth-order valence-electron chi connectivity index (χ4n) is 2.05. The van der Waals surface area contributed by atoms with Crippen LogP contribution in [-0.4, -0.2) is 27.6 Å². The van der Waals surface area contributed by atoms with Crippen LogP contribution in [-0.2, 0) is 10.0 Å². The predicted molar refractivity (Wildman–Crippen MR) is 95.8 cm³/mol. The van der Waals surface area contributed by atoms with Crippen LogP contribution in [0.2, 0.25) is 0 Å². The first-order valence-electron chi connectivity index (χ1n) is 7.18. The highest BCUT2D eigenvalue weighted by atomic mass is 32.2. The van der Waals surface area contributed by atoms with Gasteiger partial charge in [0.05, 0.1) is 17.6 Å². The lowest BCUT2D eigenvalue weighted by Gasteiger charge is -2.05. The Labute approximate surface area is 145 Å². The number of nitrogens with two attached hydrogens (primary N) is 1. The van der Waals surface area contributed by atoms with E-state index >= 15 is 0 Å². The number of para-hydroxylation sites is 1. The molecule has 0 unspecified atom stereocenters. The molecule has 0 radical (unpaired) electrons. The SMILES string of the molecule is COc1ccccc1C=CC=NNC(=O)c1ccccc1S(N)(=O)=O. The summed E-state index contributed by atoms with van der Waals surface area (Å²) in [6.07, 6.45) is 4.74. The molecule has 0 spiro atoms. The van der Waals surface area contributed by atoms with Crippen LogP contribution in [0.25, 0.3) is 6.08 Å². The van der Waals surface area contributed by atoms with E-state index in [1.807, 2.05) is 24.3 Å². The van der Waals surface area contributed by atoms with E-state index in [0.717, 1.165) is 5.56 Å². The number of nitrogens with one attached hydrogen (secondary N) is 1.